The van der Waals surface area contributed by atoms with E-state index < -0.39 is 18.0 Å². The molecule has 104 valence electrons. The van der Waals surface area contributed by atoms with Gasteiger partial charge in [-0.05, 0) is 12.8 Å². The first-order valence-corrected chi connectivity index (χ1v) is 6.10. The first kappa shape index (κ1) is 16.4. The van der Waals surface area contributed by atoms with Gasteiger partial charge in [0.05, 0.1) is 7.11 Å². The summed E-state index contributed by atoms with van der Waals surface area (Å²) >= 11 is 0. The molecule has 0 fully saturated rings. The summed E-state index contributed by atoms with van der Waals surface area (Å²) in [5.41, 5.74) is 0. The zero-order valence-corrected chi connectivity index (χ0v) is 10.9. The maximum atomic E-state index is 11.5. The molecule has 0 heterocycles. The van der Waals surface area contributed by atoms with Crippen LogP contribution in [0.25, 0.3) is 0 Å². The van der Waals surface area contributed by atoms with Gasteiger partial charge in [-0.2, -0.15) is 0 Å². The van der Waals surface area contributed by atoms with E-state index in [1.807, 2.05) is 6.92 Å². The molecule has 0 bridgehead atoms. The van der Waals surface area contributed by atoms with Gasteiger partial charge in [0, 0.05) is 12.8 Å². The lowest BCUT2D eigenvalue weighted by Crippen LogP contribution is -2.41. The van der Waals surface area contributed by atoms with Crippen molar-refractivity contribution < 1.29 is 24.2 Å². The fraction of sp³-hybridized carbons (Fsp3) is 0.750. The van der Waals surface area contributed by atoms with Crippen molar-refractivity contribution in [3.05, 3.63) is 0 Å². The molecule has 0 aromatic carbocycles. The second kappa shape index (κ2) is 9.44. The lowest BCUT2D eigenvalue weighted by Gasteiger charge is -2.15. The Kier molecular flexibility index (Phi) is 8.61. The van der Waals surface area contributed by atoms with E-state index in [-0.39, 0.29) is 18.7 Å². The molecule has 1 atom stereocenters. The molecule has 2 N–H and O–H groups in total. The van der Waals surface area contributed by atoms with Crippen LogP contribution in [0.3, 0.4) is 0 Å². The summed E-state index contributed by atoms with van der Waals surface area (Å²) in [5, 5.41) is 11.1. The van der Waals surface area contributed by atoms with E-state index >= 15 is 0 Å². The van der Waals surface area contributed by atoms with Gasteiger partial charge in [0.1, 0.15) is 6.04 Å². The SMILES string of the molecule is CCCCCC(=O)N[C@@H](CCC(=O)O)C(=O)OC. The number of carboxylic acids is 1. The van der Waals surface area contributed by atoms with Crippen LogP contribution in [0.4, 0.5) is 0 Å². The molecule has 0 aliphatic rings. The molecule has 0 aliphatic carbocycles. The Labute approximate surface area is 107 Å². The quantitative estimate of drug-likeness (QED) is 0.477. The number of carbonyl (C=O) groups excluding carboxylic acids is 2. The summed E-state index contributed by atoms with van der Waals surface area (Å²) in [6, 6.07) is -0.875. The van der Waals surface area contributed by atoms with Crippen LogP contribution in [0.2, 0.25) is 0 Å². The highest BCUT2D eigenvalue weighted by Crippen LogP contribution is 2.03. The highest BCUT2D eigenvalue weighted by molar-refractivity contribution is 5.84. The largest absolute Gasteiger partial charge is 0.481 e. The van der Waals surface area contributed by atoms with E-state index in [1.165, 1.54) is 7.11 Å². The van der Waals surface area contributed by atoms with Crippen LogP contribution in [0.5, 0.6) is 0 Å². The average Bonchev–Trinajstić information content (AvgIpc) is 2.33. The first-order chi connectivity index (χ1) is 8.51. The van der Waals surface area contributed by atoms with E-state index in [2.05, 4.69) is 10.1 Å². The van der Waals surface area contributed by atoms with Crippen molar-refractivity contribution in [2.75, 3.05) is 7.11 Å². The second-order valence-electron chi connectivity index (χ2n) is 4.03. The maximum absolute atomic E-state index is 11.5. The number of carboxylic acid groups (broad SMARTS) is 1. The van der Waals surface area contributed by atoms with Gasteiger partial charge >= 0.3 is 11.9 Å². The van der Waals surface area contributed by atoms with Gasteiger partial charge in [0.25, 0.3) is 0 Å². The van der Waals surface area contributed by atoms with Crippen LogP contribution in [0.1, 0.15) is 45.4 Å². The summed E-state index contributed by atoms with van der Waals surface area (Å²) in [6.07, 6.45) is 2.91. The maximum Gasteiger partial charge on any atom is 0.328 e. The van der Waals surface area contributed by atoms with E-state index in [0.717, 1.165) is 19.3 Å². The van der Waals surface area contributed by atoms with Gasteiger partial charge in [-0.25, -0.2) is 4.79 Å². The third-order valence-corrected chi connectivity index (χ3v) is 2.48. The molecule has 0 aliphatic heterocycles. The topological polar surface area (TPSA) is 92.7 Å². The van der Waals surface area contributed by atoms with Gasteiger partial charge in [-0.3, -0.25) is 9.59 Å². The van der Waals surface area contributed by atoms with Gasteiger partial charge in [0.15, 0.2) is 0 Å². The Balaban J connectivity index is 4.17. The molecule has 6 heteroatoms. The highest BCUT2D eigenvalue weighted by Gasteiger charge is 2.21. The fourth-order valence-electron chi connectivity index (χ4n) is 1.46. The molecule has 0 spiro atoms. The minimum absolute atomic E-state index is 0.0432. The van der Waals surface area contributed by atoms with E-state index in [1.54, 1.807) is 0 Å². The number of amides is 1. The second-order valence-corrected chi connectivity index (χ2v) is 4.03. The number of esters is 1. The Morgan fingerprint density at radius 1 is 1.22 bits per heavy atom. The summed E-state index contributed by atoms with van der Waals surface area (Å²) in [6.45, 7) is 2.03. The Bertz CT molecular complexity index is 290. The summed E-state index contributed by atoms with van der Waals surface area (Å²) in [4.78, 5) is 33.3. The minimum Gasteiger partial charge on any atom is -0.481 e. The zero-order chi connectivity index (χ0) is 14.0. The lowest BCUT2D eigenvalue weighted by molar-refractivity contribution is -0.146. The number of nitrogens with one attached hydrogen (secondary N) is 1. The number of methoxy groups -OCH3 is 1. The van der Waals surface area contributed by atoms with Crippen LogP contribution in [0.15, 0.2) is 0 Å². The molecular formula is C12H21NO5. The summed E-state index contributed by atoms with van der Waals surface area (Å²) in [7, 11) is 1.21. The van der Waals surface area contributed by atoms with Gasteiger partial charge < -0.3 is 15.2 Å². The summed E-state index contributed by atoms with van der Waals surface area (Å²) in [5.74, 6) is -1.87. The molecule has 0 aromatic rings. The van der Waals surface area contributed by atoms with Crippen molar-refractivity contribution in [1.82, 2.24) is 5.32 Å². The fourth-order valence-corrected chi connectivity index (χ4v) is 1.46. The number of aliphatic carboxylic acids is 1. The molecule has 0 radical (unpaired) electrons. The lowest BCUT2D eigenvalue weighted by atomic mass is 10.1. The third-order valence-electron chi connectivity index (χ3n) is 2.48. The average molecular weight is 259 g/mol. The highest BCUT2D eigenvalue weighted by atomic mass is 16.5. The monoisotopic (exact) mass is 259 g/mol. The molecule has 0 unspecified atom stereocenters. The minimum atomic E-state index is -1.01. The normalized spacial score (nSPS) is 11.7. The summed E-state index contributed by atoms with van der Waals surface area (Å²) < 4.78 is 4.52. The Morgan fingerprint density at radius 2 is 1.89 bits per heavy atom. The van der Waals surface area contributed by atoms with Gasteiger partial charge in [0.2, 0.25) is 5.91 Å². The van der Waals surface area contributed by atoms with Crippen molar-refractivity contribution in [2.45, 2.75) is 51.5 Å². The van der Waals surface area contributed by atoms with E-state index in [0.29, 0.717) is 6.42 Å². The molecule has 0 saturated heterocycles. The van der Waals surface area contributed by atoms with Crippen molar-refractivity contribution >= 4 is 17.8 Å². The van der Waals surface area contributed by atoms with E-state index in [4.69, 9.17) is 5.11 Å². The Hall–Kier alpha value is -1.59. The first-order valence-electron chi connectivity index (χ1n) is 6.10. The van der Waals surface area contributed by atoms with Crippen molar-refractivity contribution in [2.24, 2.45) is 0 Å². The number of rotatable bonds is 9. The number of ether oxygens (including phenoxy) is 1. The molecule has 18 heavy (non-hydrogen) atoms. The van der Waals surface area contributed by atoms with Crippen LogP contribution < -0.4 is 5.32 Å². The Morgan fingerprint density at radius 3 is 2.39 bits per heavy atom. The third kappa shape index (κ3) is 7.65. The zero-order valence-electron chi connectivity index (χ0n) is 10.9. The predicted molar refractivity (Wildman–Crippen MR) is 65.0 cm³/mol. The molecule has 0 aromatic heterocycles. The van der Waals surface area contributed by atoms with Crippen LogP contribution >= 0.6 is 0 Å². The number of hydrogen-bond donors (Lipinski definition) is 2. The molecule has 0 rings (SSSR count). The van der Waals surface area contributed by atoms with Gasteiger partial charge in [-0.15, -0.1) is 0 Å². The standard InChI is InChI=1S/C12H21NO5/c1-3-4-5-6-10(14)13-9(12(17)18-2)7-8-11(15)16/h9H,3-8H2,1-2H3,(H,13,14)(H,15,16)/t9-/m0/s1. The van der Waals surface area contributed by atoms with Crippen LogP contribution in [-0.4, -0.2) is 36.1 Å². The van der Waals surface area contributed by atoms with E-state index in [9.17, 15) is 14.4 Å². The van der Waals surface area contributed by atoms with Crippen LogP contribution in [0, 0.1) is 0 Å². The molecule has 1 amide bonds. The van der Waals surface area contributed by atoms with Gasteiger partial charge in [-0.1, -0.05) is 19.8 Å². The van der Waals surface area contributed by atoms with Crippen LogP contribution in [-0.2, 0) is 19.1 Å². The molecule has 6 nitrogen and oxygen atoms in total. The van der Waals surface area contributed by atoms with Crippen molar-refractivity contribution in [1.29, 1.82) is 0 Å². The smallest absolute Gasteiger partial charge is 0.328 e. The molecule has 0 saturated carbocycles. The molecular weight excluding hydrogens is 238 g/mol. The number of carbonyl (C=O) groups is 3. The number of unbranched alkanes of at least 4 members (excludes halogenated alkanes) is 2. The number of hydrogen-bond acceptors (Lipinski definition) is 4. The van der Waals surface area contributed by atoms with Crippen molar-refractivity contribution in [3.8, 4) is 0 Å². The van der Waals surface area contributed by atoms with Crippen molar-refractivity contribution in [3.63, 3.8) is 0 Å². The predicted octanol–water partition coefficient (Wildman–Crippen LogP) is 1.09.